The van der Waals surface area contributed by atoms with E-state index in [2.05, 4.69) is 0 Å². The average Bonchev–Trinajstić information content (AvgIpc) is 2.41. The fourth-order valence-electron chi connectivity index (χ4n) is 1.56. The molecule has 0 radical (unpaired) electrons. The predicted octanol–water partition coefficient (Wildman–Crippen LogP) is 4.86. The number of benzene rings is 2. The molecule has 0 unspecified atom stereocenters. The number of hydrogen-bond acceptors (Lipinski definition) is 2. The predicted molar refractivity (Wildman–Crippen MR) is 88.1 cm³/mol. The molecule has 104 valence electrons. The van der Waals surface area contributed by atoms with Crippen LogP contribution in [0.25, 0.3) is 0 Å². The van der Waals surface area contributed by atoms with E-state index in [1.54, 1.807) is 30.3 Å². The van der Waals surface area contributed by atoms with Crippen molar-refractivity contribution >= 4 is 52.0 Å². The average molecular weight is 347 g/mol. The molecule has 0 aliphatic heterocycles. The Morgan fingerprint density at radius 3 is 2.35 bits per heavy atom. The number of halogens is 3. The Kier molecular flexibility index (Phi) is 5.11. The van der Waals surface area contributed by atoms with Crippen LogP contribution in [0.1, 0.15) is 11.1 Å². The highest BCUT2D eigenvalue weighted by molar-refractivity contribution is 7.80. The highest BCUT2D eigenvalue weighted by Crippen LogP contribution is 2.27. The number of ether oxygens (including phenoxy) is 1. The molecule has 2 rings (SSSR count). The van der Waals surface area contributed by atoms with Crippen molar-refractivity contribution in [1.29, 1.82) is 0 Å². The molecule has 0 amide bonds. The summed E-state index contributed by atoms with van der Waals surface area (Å²) in [5, 5.41) is 1.45. The van der Waals surface area contributed by atoms with Gasteiger partial charge >= 0.3 is 0 Å². The summed E-state index contributed by atoms with van der Waals surface area (Å²) in [5.41, 5.74) is 7.13. The number of nitrogens with two attached hydrogens (primary N) is 1. The fourth-order valence-corrected chi connectivity index (χ4v) is 2.24. The SMILES string of the molecule is NC(=S)c1ccc(OCc2ccc(Cl)c(Cl)c2)c(Cl)c1. The monoisotopic (exact) mass is 345 g/mol. The van der Waals surface area contributed by atoms with Gasteiger partial charge in [-0.25, -0.2) is 0 Å². The van der Waals surface area contributed by atoms with E-state index in [9.17, 15) is 0 Å². The summed E-state index contributed by atoms with van der Waals surface area (Å²) in [6.07, 6.45) is 0. The van der Waals surface area contributed by atoms with Crippen molar-refractivity contribution in [3.63, 3.8) is 0 Å². The van der Waals surface area contributed by atoms with Crippen LogP contribution in [0, 0.1) is 0 Å². The van der Waals surface area contributed by atoms with Crippen LogP contribution in [-0.2, 0) is 6.61 Å². The van der Waals surface area contributed by atoms with E-state index in [1.807, 2.05) is 6.07 Å². The molecule has 0 saturated carbocycles. The minimum Gasteiger partial charge on any atom is -0.487 e. The third-order valence-electron chi connectivity index (χ3n) is 2.59. The number of hydrogen-bond donors (Lipinski definition) is 1. The van der Waals surface area contributed by atoms with Gasteiger partial charge in [0, 0.05) is 5.56 Å². The highest BCUT2D eigenvalue weighted by Gasteiger charge is 2.06. The van der Waals surface area contributed by atoms with Gasteiger partial charge in [0.15, 0.2) is 0 Å². The first-order chi connectivity index (χ1) is 9.47. The Balaban J connectivity index is 2.10. The summed E-state index contributed by atoms with van der Waals surface area (Å²) in [6, 6.07) is 10.5. The second-order valence-electron chi connectivity index (χ2n) is 4.05. The molecule has 0 aliphatic rings. The maximum atomic E-state index is 6.11. The van der Waals surface area contributed by atoms with Crippen LogP contribution in [0.2, 0.25) is 15.1 Å². The molecule has 0 heterocycles. The molecular weight excluding hydrogens is 337 g/mol. The van der Waals surface area contributed by atoms with E-state index in [0.717, 1.165) is 5.56 Å². The molecule has 6 heteroatoms. The Hall–Kier alpha value is -1.000. The zero-order valence-corrected chi connectivity index (χ0v) is 13.3. The molecule has 2 aromatic rings. The van der Waals surface area contributed by atoms with Crippen LogP contribution < -0.4 is 10.5 Å². The third kappa shape index (κ3) is 3.76. The zero-order valence-electron chi connectivity index (χ0n) is 10.2. The van der Waals surface area contributed by atoms with Gasteiger partial charge in [0.25, 0.3) is 0 Å². The molecule has 0 aromatic heterocycles. The second-order valence-corrected chi connectivity index (χ2v) is 5.71. The van der Waals surface area contributed by atoms with Crippen molar-refractivity contribution in [3.8, 4) is 5.75 Å². The molecule has 0 bridgehead atoms. The lowest BCUT2D eigenvalue weighted by atomic mass is 10.2. The quantitative estimate of drug-likeness (QED) is 0.803. The van der Waals surface area contributed by atoms with Crippen LogP contribution in [0.5, 0.6) is 5.75 Å². The van der Waals surface area contributed by atoms with Gasteiger partial charge in [-0.3, -0.25) is 0 Å². The number of thiocarbonyl (C=S) groups is 1. The Labute approximate surface area is 137 Å². The van der Waals surface area contributed by atoms with E-state index < -0.39 is 0 Å². The van der Waals surface area contributed by atoms with Crippen molar-refractivity contribution in [2.75, 3.05) is 0 Å². The van der Waals surface area contributed by atoms with Gasteiger partial charge in [0.2, 0.25) is 0 Å². The van der Waals surface area contributed by atoms with Crippen molar-refractivity contribution in [2.24, 2.45) is 5.73 Å². The molecule has 2 nitrogen and oxygen atoms in total. The minimum atomic E-state index is 0.294. The van der Waals surface area contributed by atoms with E-state index in [0.29, 0.717) is 38.0 Å². The maximum Gasteiger partial charge on any atom is 0.138 e. The molecule has 0 saturated heterocycles. The lowest BCUT2D eigenvalue weighted by molar-refractivity contribution is 0.306. The first kappa shape index (κ1) is 15.4. The van der Waals surface area contributed by atoms with Gasteiger partial charge in [-0.2, -0.15) is 0 Å². The van der Waals surface area contributed by atoms with Gasteiger partial charge in [-0.15, -0.1) is 0 Å². The van der Waals surface area contributed by atoms with Gasteiger partial charge in [-0.1, -0.05) is 53.1 Å². The first-order valence-corrected chi connectivity index (χ1v) is 7.17. The Bertz CT molecular complexity index is 661. The van der Waals surface area contributed by atoms with Gasteiger partial charge in [0.1, 0.15) is 17.3 Å². The van der Waals surface area contributed by atoms with Gasteiger partial charge in [-0.05, 0) is 35.9 Å². The molecule has 2 N–H and O–H groups in total. The number of rotatable bonds is 4. The van der Waals surface area contributed by atoms with Crippen LogP contribution >= 0.6 is 47.0 Å². The van der Waals surface area contributed by atoms with Crippen LogP contribution in [0.3, 0.4) is 0 Å². The summed E-state index contributed by atoms with van der Waals surface area (Å²) < 4.78 is 5.63. The van der Waals surface area contributed by atoms with Crippen LogP contribution in [0.15, 0.2) is 36.4 Å². The molecule has 0 aliphatic carbocycles. The third-order valence-corrected chi connectivity index (χ3v) is 3.86. The molecule has 0 fully saturated rings. The van der Waals surface area contributed by atoms with E-state index >= 15 is 0 Å². The van der Waals surface area contributed by atoms with Gasteiger partial charge in [0.05, 0.1) is 15.1 Å². The maximum absolute atomic E-state index is 6.11. The second kappa shape index (κ2) is 6.64. The highest BCUT2D eigenvalue weighted by atomic mass is 35.5. The Morgan fingerprint density at radius 2 is 1.75 bits per heavy atom. The van der Waals surface area contributed by atoms with Crippen molar-refractivity contribution < 1.29 is 4.74 Å². The fraction of sp³-hybridized carbons (Fsp3) is 0.0714. The summed E-state index contributed by atoms with van der Waals surface area (Å²) in [4.78, 5) is 0.294. The standard InChI is InChI=1S/C14H10Cl3NOS/c15-10-3-1-8(5-11(10)16)7-19-13-4-2-9(14(18)20)6-12(13)17/h1-6H,7H2,(H2,18,20). The summed E-state index contributed by atoms with van der Waals surface area (Å²) in [6.45, 7) is 0.336. The topological polar surface area (TPSA) is 35.2 Å². The Morgan fingerprint density at radius 1 is 1.00 bits per heavy atom. The smallest absolute Gasteiger partial charge is 0.138 e. The van der Waals surface area contributed by atoms with E-state index in [4.69, 9.17) is 57.5 Å². The molecule has 20 heavy (non-hydrogen) atoms. The zero-order chi connectivity index (χ0) is 14.7. The first-order valence-electron chi connectivity index (χ1n) is 5.63. The van der Waals surface area contributed by atoms with E-state index in [-0.39, 0.29) is 0 Å². The van der Waals surface area contributed by atoms with Crippen molar-refractivity contribution in [1.82, 2.24) is 0 Å². The molecule has 0 spiro atoms. The van der Waals surface area contributed by atoms with Crippen molar-refractivity contribution in [3.05, 3.63) is 62.6 Å². The minimum absolute atomic E-state index is 0.294. The summed E-state index contributed by atoms with van der Waals surface area (Å²) >= 11 is 22.8. The molecule has 0 atom stereocenters. The van der Waals surface area contributed by atoms with Crippen LogP contribution in [-0.4, -0.2) is 4.99 Å². The van der Waals surface area contributed by atoms with E-state index in [1.165, 1.54) is 0 Å². The molecule has 2 aromatic carbocycles. The van der Waals surface area contributed by atoms with Crippen molar-refractivity contribution in [2.45, 2.75) is 6.61 Å². The van der Waals surface area contributed by atoms with Gasteiger partial charge < -0.3 is 10.5 Å². The lowest BCUT2D eigenvalue weighted by Crippen LogP contribution is -2.09. The lowest BCUT2D eigenvalue weighted by Gasteiger charge is -2.10. The normalized spacial score (nSPS) is 10.3. The summed E-state index contributed by atoms with van der Waals surface area (Å²) in [7, 11) is 0. The molecular formula is C14H10Cl3NOS. The largest absolute Gasteiger partial charge is 0.487 e. The van der Waals surface area contributed by atoms with Crippen LogP contribution in [0.4, 0.5) is 0 Å². The summed E-state index contributed by atoms with van der Waals surface area (Å²) in [5.74, 6) is 0.553.